The molecule has 3 N–H and O–H groups in total. The molecule has 0 aliphatic heterocycles. The van der Waals surface area contributed by atoms with Gasteiger partial charge in [-0.25, -0.2) is 5.84 Å². The highest BCUT2D eigenvalue weighted by molar-refractivity contribution is 5.91. The van der Waals surface area contributed by atoms with Gasteiger partial charge in [0.1, 0.15) is 0 Å². The van der Waals surface area contributed by atoms with Crippen LogP contribution in [0.1, 0.15) is 35.5 Å². The number of hydrazine groups is 1. The smallest absolute Gasteiger partial charge is 0.287 e. The van der Waals surface area contributed by atoms with Crippen molar-refractivity contribution in [2.24, 2.45) is 5.84 Å². The Bertz CT molecular complexity index is 460. The summed E-state index contributed by atoms with van der Waals surface area (Å²) in [4.78, 5) is 13.4. The van der Waals surface area contributed by atoms with Crippen LogP contribution in [0.3, 0.4) is 0 Å². The number of nitrogens with two attached hydrogens (primary N) is 1. The first-order valence-electron chi connectivity index (χ1n) is 5.82. The summed E-state index contributed by atoms with van der Waals surface area (Å²) in [6, 6.07) is 4.23. The van der Waals surface area contributed by atoms with E-state index in [0.717, 1.165) is 12.8 Å². The van der Waals surface area contributed by atoms with E-state index >= 15 is 0 Å². The van der Waals surface area contributed by atoms with Gasteiger partial charge in [-0.2, -0.15) is 5.26 Å². The Labute approximate surface area is 104 Å². The minimum atomic E-state index is -0.472. The molecule has 18 heavy (non-hydrogen) atoms. The van der Waals surface area contributed by atoms with E-state index in [0.29, 0.717) is 31.3 Å². The first-order chi connectivity index (χ1) is 8.74. The second-order valence-corrected chi connectivity index (χ2v) is 4.26. The molecule has 0 radical (unpaired) electrons. The fourth-order valence-electron chi connectivity index (χ4n) is 1.79. The van der Waals surface area contributed by atoms with Crippen LogP contribution in [0.25, 0.3) is 0 Å². The maximum Gasteiger partial charge on any atom is 0.287 e. The molecule has 0 spiro atoms. The van der Waals surface area contributed by atoms with Crippen LogP contribution in [0.2, 0.25) is 0 Å². The van der Waals surface area contributed by atoms with Crippen molar-refractivity contribution in [3.8, 4) is 6.07 Å². The zero-order chi connectivity index (χ0) is 13.0. The summed E-state index contributed by atoms with van der Waals surface area (Å²) in [5.41, 5.74) is 2.17. The Morgan fingerprint density at radius 2 is 2.50 bits per heavy atom. The van der Waals surface area contributed by atoms with Crippen molar-refractivity contribution < 1.29 is 9.32 Å². The van der Waals surface area contributed by atoms with E-state index in [4.69, 9.17) is 15.6 Å². The second kappa shape index (κ2) is 5.62. The van der Waals surface area contributed by atoms with Crippen molar-refractivity contribution in [2.45, 2.75) is 31.8 Å². The number of rotatable bonds is 6. The molecule has 1 amide bonds. The van der Waals surface area contributed by atoms with Crippen LogP contribution in [-0.2, 0) is 6.54 Å². The van der Waals surface area contributed by atoms with E-state index < -0.39 is 5.91 Å². The first-order valence-corrected chi connectivity index (χ1v) is 5.82. The fourth-order valence-corrected chi connectivity index (χ4v) is 1.79. The molecule has 1 aromatic heterocycles. The number of aromatic nitrogens is 1. The van der Waals surface area contributed by atoms with Crippen molar-refractivity contribution in [3.63, 3.8) is 0 Å². The monoisotopic (exact) mass is 249 g/mol. The summed E-state index contributed by atoms with van der Waals surface area (Å²) in [5, 5.41) is 12.3. The lowest BCUT2D eigenvalue weighted by Crippen LogP contribution is -2.30. The summed E-state index contributed by atoms with van der Waals surface area (Å²) in [6.07, 6.45) is 2.78. The van der Waals surface area contributed by atoms with Gasteiger partial charge in [-0.1, -0.05) is 5.16 Å². The molecule has 1 fully saturated rings. The molecular formula is C11H15N5O2. The van der Waals surface area contributed by atoms with Gasteiger partial charge in [0, 0.05) is 25.1 Å². The van der Waals surface area contributed by atoms with Crippen molar-refractivity contribution in [1.82, 2.24) is 15.5 Å². The lowest BCUT2D eigenvalue weighted by molar-refractivity contribution is 0.0944. The Kier molecular flexibility index (Phi) is 3.92. The number of nitrogens with one attached hydrogen (secondary N) is 1. The molecule has 0 saturated heterocycles. The van der Waals surface area contributed by atoms with E-state index in [9.17, 15) is 4.79 Å². The Balaban J connectivity index is 1.96. The molecule has 1 saturated carbocycles. The normalized spacial score (nSPS) is 14.5. The number of nitrogen functional groups attached to an aromatic ring is 1. The van der Waals surface area contributed by atoms with Crippen LogP contribution in [0, 0.1) is 11.3 Å². The summed E-state index contributed by atoms with van der Waals surface area (Å²) in [7, 11) is 0. The van der Waals surface area contributed by atoms with Crippen LogP contribution in [0.5, 0.6) is 0 Å². The highest BCUT2D eigenvalue weighted by Gasteiger charge is 2.29. The van der Waals surface area contributed by atoms with Gasteiger partial charge in [-0.05, 0) is 12.8 Å². The van der Waals surface area contributed by atoms with E-state index in [1.54, 1.807) is 6.07 Å². The summed E-state index contributed by atoms with van der Waals surface area (Å²) < 4.78 is 5.09. The van der Waals surface area contributed by atoms with E-state index in [-0.39, 0.29) is 5.69 Å². The molecule has 1 aliphatic rings. The van der Waals surface area contributed by atoms with Gasteiger partial charge in [-0.15, -0.1) is 0 Å². The Hall–Kier alpha value is -1.91. The topological polar surface area (TPSA) is 108 Å². The van der Waals surface area contributed by atoms with Crippen LogP contribution in [-0.4, -0.2) is 28.6 Å². The molecule has 1 aromatic rings. The van der Waals surface area contributed by atoms with Crippen molar-refractivity contribution in [2.75, 3.05) is 6.54 Å². The summed E-state index contributed by atoms with van der Waals surface area (Å²) >= 11 is 0. The van der Waals surface area contributed by atoms with Gasteiger partial charge in [0.05, 0.1) is 12.6 Å². The number of carbonyl (C=O) groups is 1. The molecule has 7 nitrogen and oxygen atoms in total. The molecule has 0 unspecified atom stereocenters. The third-order valence-corrected chi connectivity index (χ3v) is 2.86. The zero-order valence-electron chi connectivity index (χ0n) is 9.93. The van der Waals surface area contributed by atoms with Gasteiger partial charge >= 0.3 is 0 Å². The number of nitriles is 1. The highest BCUT2D eigenvalue weighted by atomic mass is 16.5. The fraction of sp³-hybridized carbons (Fsp3) is 0.545. The SMILES string of the molecule is N#CCCN(Cc1cc(C(=O)NN)no1)C1CC1. The average Bonchev–Trinajstić information content (AvgIpc) is 3.13. The molecule has 7 heteroatoms. The van der Waals surface area contributed by atoms with Crippen molar-refractivity contribution in [1.29, 1.82) is 5.26 Å². The van der Waals surface area contributed by atoms with E-state index in [2.05, 4.69) is 16.1 Å². The quantitative estimate of drug-likeness (QED) is 0.422. The number of amides is 1. The summed E-state index contributed by atoms with van der Waals surface area (Å²) in [6.45, 7) is 1.28. The van der Waals surface area contributed by atoms with Crippen molar-refractivity contribution in [3.05, 3.63) is 17.5 Å². The van der Waals surface area contributed by atoms with Crippen molar-refractivity contribution >= 4 is 5.91 Å². The predicted octanol–water partition coefficient (Wildman–Crippen LogP) is 0.156. The molecule has 1 heterocycles. The molecular weight excluding hydrogens is 234 g/mol. The Morgan fingerprint density at radius 3 is 3.11 bits per heavy atom. The zero-order valence-corrected chi connectivity index (χ0v) is 9.93. The van der Waals surface area contributed by atoms with Gasteiger partial charge in [0.25, 0.3) is 5.91 Å². The third-order valence-electron chi connectivity index (χ3n) is 2.86. The van der Waals surface area contributed by atoms with Gasteiger partial charge in [0.15, 0.2) is 11.5 Å². The third kappa shape index (κ3) is 3.06. The molecule has 96 valence electrons. The van der Waals surface area contributed by atoms with Crippen LogP contribution in [0.15, 0.2) is 10.6 Å². The standard InChI is InChI=1S/C11H15N5O2/c12-4-1-5-16(8-2-3-8)7-9-6-10(15-18-9)11(17)14-13/h6,8H,1-3,5,7,13H2,(H,14,17). The average molecular weight is 249 g/mol. The molecule has 0 aromatic carbocycles. The van der Waals surface area contributed by atoms with Crippen LogP contribution in [0.4, 0.5) is 0 Å². The number of carbonyl (C=O) groups excluding carboxylic acids is 1. The lowest BCUT2D eigenvalue weighted by atomic mass is 10.3. The molecule has 1 aliphatic carbocycles. The summed E-state index contributed by atoms with van der Waals surface area (Å²) in [5.74, 6) is 5.15. The first kappa shape index (κ1) is 12.5. The minimum Gasteiger partial charge on any atom is -0.359 e. The Morgan fingerprint density at radius 1 is 1.72 bits per heavy atom. The lowest BCUT2D eigenvalue weighted by Gasteiger charge is -2.18. The largest absolute Gasteiger partial charge is 0.359 e. The predicted molar refractivity (Wildman–Crippen MR) is 61.8 cm³/mol. The highest BCUT2D eigenvalue weighted by Crippen LogP contribution is 2.28. The van der Waals surface area contributed by atoms with E-state index in [1.165, 1.54) is 0 Å². The van der Waals surface area contributed by atoms with Gasteiger partial charge in [0.2, 0.25) is 0 Å². The van der Waals surface area contributed by atoms with E-state index in [1.807, 2.05) is 5.43 Å². The number of hydrogen-bond acceptors (Lipinski definition) is 6. The number of hydrogen-bond donors (Lipinski definition) is 2. The molecule has 0 atom stereocenters. The second-order valence-electron chi connectivity index (χ2n) is 4.26. The van der Waals surface area contributed by atoms with Crippen LogP contribution < -0.4 is 11.3 Å². The van der Waals surface area contributed by atoms with Crippen LogP contribution >= 0.6 is 0 Å². The van der Waals surface area contributed by atoms with Gasteiger partial charge in [-0.3, -0.25) is 15.1 Å². The van der Waals surface area contributed by atoms with Gasteiger partial charge < -0.3 is 4.52 Å². The maximum absolute atomic E-state index is 11.2. The molecule has 0 bridgehead atoms. The molecule has 2 rings (SSSR count). The minimum absolute atomic E-state index is 0.170. The maximum atomic E-state index is 11.2. The number of nitrogens with zero attached hydrogens (tertiary/aromatic N) is 3.